The topological polar surface area (TPSA) is 86.8 Å². The minimum atomic E-state index is -4.13. The number of para-hydroxylation sites is 1. The van der Waals surface area contributed by atoms with Gasteiger partial charge in [-0.05, 0) is 54.7 Å². The highest BCUT2D eigenvalue weighted by atomic mass is 32.2. The molecule has 8 heteroatoms. The van der Waals surface area contributed by atoms with Gasteiger partial charge in [-0.2, -0.15) is 0 Å². The molecule has 0 bridgehead atoms. The molecule has 7 nitrogen and oxygen atoms in total. The van der Waals surface area contributed by atoms with Crippen molar-refractivity contribution in [2.24, 2.45) is 0 Å². The second-order valence-corrected chi connectivity index (χ2v) is 12.7. The summed E-state index contributed by atoms with van der Waals surface area (Å²) in [5.41, 5.74) is 2.97. The van der Waals surface area contributed by atoms with Crippen LogP contribution in [0.5, 0.6) is 0 Å². The number of carbonyl (C=O) groups is 2. The van der Waals surface area contributed by atoms with Gasteiger partial charge in [0, 0.05) is 19.0 Å². The Morgan fingerprint density at radius 3 is 1.89 bits per heavy atom. The van der Waals surface area contributed by atoms with Crippen LogP contribution < -0.4 is 9.62 Å². The molecule has 0 aromatic heterocycles. The van der Waals surface area contributed by atoms with E-state index in [0.717, 1.165) is 23.1 Å². The van der Waals surface area contributed by atoms with E-state index in [-0.39, 0.29) is 29.8 Å². The number of anilines is 1. The van der Waals surface area contributed by atoms with E-state index in [2.05, 4.69) is 5.32 Å². The van der Waals surface area contributed by atoms with Crippen LogP contribution >= 0.6 is 0 Å². The average molecular weight is 612 g/mol. The van der Waals surface area contributed by atoms with Gasteiger partial charge < -0.3 is 10.2 Å². The Labute approximate surface area is 261 Å². The summed E-state index contributed by atoms with van der Waals surface area (Å²) in [5.74, 6) is -0.751. The lowest BCUT2D eigenvalue weighted by Gasteiger charge is -2.34. The van der Waals surface area contributed by atoms with Crippen LogP contribution in [-0.2, 0) is 39.0 Å². The summed E-state index contributed by atoms with van der Waals surface area (Å²) in [6.45, 7) is 5.53. The molecule has 0 heterocycles. The van der Waals surface area contributed by atoms with E-state index < -0.39 is 28.5 Å². The van der Waals surface area contributed by atoms with Crippen molar-refractivity contribution in [1.29, 1.82) is 0 Å². The summed E-state index contributed by atoms with van der Waals surface area (Å²) in [6, 6.07) is 33.4. The molecule has 1 N–H and O–H groups in total. The minimum Gasteiger partial charge on any atom is -0.352 e. The van der Waals surface area contributed by atoms with Gasteiger partial charge >= 0.3 is 0 Å². The predicted molar refractivity (Wildman–Crippen MR) is 176 cm³/mol. The fourth-order valence-corrected chi connectivity index (χ4v) is 6.53. The van der Waals surface area contributed by atoms with Gasteiger partial charge in [0.25, 0.3) is 10.0 Å². The zero-order chi connectivity index (χ0) is 31.5. The van der Waals surface area contributed by atoms with Crippen molar-refractivity contribution >= 4 is 27.5 Å². The molecule has 0 radical (unpaired) electrons. The number of aryl methyl sites for hydroxylation is 1. The monoisotopic (exact) mass is 611 g/mol. The number of nitrogens with one attached hydrogen (secondary N) is 1. The number of carbonyl (C=O) groups excluding carboxylic acids is 2. The number of rotatable bonds is 14. The first kappa shape index (κ1) is 32.5. The van der Waals surface area contributed by atoms with Gasteiger partial charge in [0.2, 0.25) is 11.8 Å². The molecule has 0 aliphatic heterocycles. The highest BCUT2D eigenvalue weighted by molar-refractivity contribution is 7.92. The SMILES string of the molecule is CCc1ccccc1N(CC(=O)N(Cc1ccccc1)[C@@H](Cc1ccccc1)C(=O)N[C@H](C)CC)S(=O)(=O)c1ccccc1. The Bertz CT molecular complexity index is 1610. The third-order valence-corrected chi connectivity index (χ3v) is 9.49. The highest BCUT2D eigenvalue weighted by Crippen LogP contribution is 2.28. The first-order valence-corrected chi connectivity index (χ1v) is 16.5. The largest absolute Gasteiger partial charge is 0.352 e. The van der Waals surface area contributed by atoms with Gasteiger partial charge in [-0.15, -0.1) is 0 Å². The Kier molecular flexibility index (Phi) is 11.3. The molecule has 0 saturated carbocycles. The van der Waals surface area contributed by atoms with E-state index in [1.165, 1.54) is 21.3 Å². The summed E-state index contributed by atoms with van der Waals surface area (Å²) in [4.78, 5) is 30.0. The van der Waals surface area contributed by atoms with Crippen molar-refractivity contribution in [1.82, 2.24) is 10.2 Å². The Hall–Kier alpha value is -4.43. The molecule has 0 aliphatic carbocycles. The fourth-order valence-electron chi connectivity index (χ4n) is 5.06. The Balaban J connectivity index is 1.81. The summed E-state index contributed by atoms with van der Waals surface area (Å²) in [5, 5.41) is 3.07. The third-order valence-electron chi connectivity index (χ3n) is 7.72. The predicted octanol–water partition coefficient (Wildman–Crippen LogP) is 6.00. The number of amides is 2. The van der Waals surface area contributed by atoms with Crippen molar-refractivity contribution in [3.8, 4) is 0 Å². The molecule has 4 aromatic rings. The molecule has 0 fully saturated rings. The summed E-state index contributed by atoms with van der Waals surface area (Å²) in [6.07, 6.45) is 1.58. The minimum absolute atomic E-state index is 0.0867. The lowest BCUT2D eigenvalue weighted by molar-refractivity contribution is -0.140. The third kappa shape index (κ3) is 8.14. The standard InChI is InChI=1S/C36H41N3O4S/c1-4-28(3)37-36(41)34(25-29-17-9-6-10-18-29)38(26-30-19-11-7-12-20-30)35(40)27-39(33-24-16-15-21-31(33)5-2)44(42,43)32-22-13-8-14-23-32/h6-24,28,34H,4-5,25-27H2,1-3H3,(H,37,41)/t28-,34+/m1/s1. The average Bonchev–Trinajstić information content (AvgIpc) is 3.06. The van der Waals surface area contributed by atoms with Crippen LogP contribution in [0.15, 0.2) is 120 Å². The van der Waals surface area contributed by atoms with Crippen LogP contribution in [-0.4, -0.2) is 43.8 Å². The van der Waals surface area contributed by atoms with E-state index in [4.69, 9.17) is 0 Å². The van der Waals surface area contributed by atoms with Crippen LogP contribution in [0.2, 0.25) is 0 Å². The molecular formula is C36H41N3O4S. The van der Waals surface area contributed by atoms with Gasteiger partial charge in [0.1, 0.15) is 12.6 Å². The lowest BCUT2D eigenvalue weighted by atomic mass is 10.0. The van der Waals surface area contributed by atoms with E-state index >= 15 is 0 Å². The molecule has 4 rings (SSSR count). The smallest absolute Gasteiger partial charge is 0.264 e. The van der Waals surface area contributed by atoms with Crippen LogP contribution in [0.25, 0.3) is 0 Å². The van der Waals surface area contributed by atoms with Crippen LogP contribution in [0.1, 0.15) is 43.9 Å². The second kappa shape index (κ2) is 15.3. The number of nitrogens with zero attached hydrogens (tertiary/aromatic N) is 2. The number of benzene rings is 4. The molecule has 2 amide bonds. The van der Waals surface area contributed by atoms with Crippen molar-refractivity contribution in [2.75, 3.05) is 10.8 Å². The molecule has 0 aliphatic rings. The summed E-state index contributed by atoms with van der Waals surface area (Å²) < 4.78 is 29.5. The molecule has 4 aromatic carbocycles. The Morgan fingerprint density at radius 2 is 1.30 bits per heavy atom. The quantitative estimate of drug-likeness (QED) is 0.190. The van der Waals surface area contributed by atoms with Crippen LogP contribution in [0.3, 0.4) is 0 Å². The molecular weight excluding hydrogens is 570 g/mol. The number of hydrogen-bond acceptors (Lipinski definition) is 4. The van der Waals surface area contributed by atoms with E-state index in [1.807, 2.05) is 93.6 Å². The first-order valence-electron chi connectivity index (χ1n) is 15.1. The van der Waals surface area contributed by atoms with E-state index in [9.17, 15) is 18.0 Å². The number of sulfonamides is 1. The van der Waals surface area contributed by atoms with Gasteiger partial charge in [-0.3, -0.25) is 13.9 Å². The maximum absolute atomic E-state index is 14.5. The molecule has 0 unspecified atom stereocenters. The normalized spacial score (nSPS) is 12.6. The van der Waals surface area contributed by atoms with Crippen molar-refractivity contribution in [3.05, 3.63) is 132 Å². The fraction of sp³-hybridized carbons (Fsp3) is 0.278. The summed E-state index contributed by atoms with van der Waals surface area (Å²) in [7, 11) is -4.13. The van der Waals surface area contributed by atoms with Crippen LogP contribution in [0, 0.1) is 0 Å². The zero-order valence-corrected chi connectivity index (χ0v) is 26.4. The summed E-state index contributed by atoms with van der Waals surface area (Å²) >= 11 is 0. The highest BCUT2D eigenvalue weighted by Gasteiger charge is 2.35. The maximum Gasteiger partial charge on any atom is 0.264 e. The van der Waals surface area contributed by atoms with E-state index in [0.29, 0.717) is 12.1 Å². The van der Waals surface area contributed by atoms with Crippen LogP contribution in [0.4, 0.5) is 5.69 Å². The van der Waals surface area contributed by atoms with Gasteiger partial charge in [0.05, 0.1) is 10.6 Å². The van der Waals surface area contributed by atoms with Gasteiger partial charge in [0.15, 0.2) is 0 Å². The molecule has 0 spiro atoms. The van der Waals surface area contributed by atoms with Crippen molar-refractivity contribution < 1.29 is 18.0 Å². The van der Waals surface area contributed by atoms with Gasteiger partial charge in [-0.25, -0.2) is 8.42 Å². The first-order chi connectivity index (χ1) is 21.2. The van der Waals surface area contributed by atoms with Gasteiger partial charge in [-0.1, -0.05) is 111 Å². The molecule has 0 saturated heterocycles. The maximum atomic E-state index is 14.5. The lowest BCUT2D eigenvalue weighted by Crippen LogP contribution is -2.54. The second-order valence-electron chi connectivity index (χ2n) is 10.8. The van der Waals surface area contributed by atoms with E-state index in [1.54, 1.807) is 30.3 Å². The zero-order valence-electron chi connectivity index (χ0n) is 25.6. The molecule has 230 valence electrons. The van der Waals surface area contributed by atoms with Crippen molar-refractivity contribution in [2.45, 2.75) is 63.6 Å². The molecule has 44 heavy (non-hydrogen) atoms. The molecule has 2 atom stereocenters. The Morgan fingerprint density at radius 1 is 0.750 bits per heavy atom. The van der Waals surface area contributed by atoms with Crippen molar-refractivity contribution in [3.63, 3.8) is 0 Å². The number of hydrogen-bond donors (Lipinski definition) is 1.